The number of carbonyl (C=O) groups is 2. The summed E-state index contributed by atoms with van der Waals surface area (Å²) in [7, 11) is 0. The van der Waals surface area contributed by atoms with E-state index in [0.717, 1.165) is 12.8 Å². The lowest BCUT2D eigenvalue weighted by atomic mass is 10.0. The maximum Gasteiger partial charge on any atom is 0.325 e. The van der Waals surface area contributed by atoms with E-state index < -0.39 is 17.9 Å². The van der Waals surface area contributed by atoms with Crippen molar-refractivity contribution in [2.24, 2.45) is 5.92 Å². The number of benzene rings is 2. The smallest absolute Gasteiger partial charge is 0.325 e. The molecule has 0 N–H and O–H groups in total. The first-order chi connectivity index (χ1) is 12.2. The van der Waals surface area contributed by atoms with Gasteiger partial charge in [-0.15, -0.1) is 6.58 Å². The van der Waals surface area contributed by atoms with Crippen LogP contribution in [-0.2, 0) is 9.59 Å². The van der Waals surface area contributed by atoms with Crippen LogP contribution >= 0.6 is 0 Å². The molecule has 0 radical (unpaired) electrons. The van der Waals surface area contributed by atoms with Gasteiger partial charge >= 0.3 is 11.9 Å². The maximum absolute atomic E-state index is 12.5. The van der Waals surface area contributed by atoms with Gasteiger partial charge in [0.05, 0.1) is 0 Å². The van der Waals surface area contributed by atoms with Crippen LogP contribution in [0.4, 0.5) is 0 Å². The first kappa shape index (κ1) is 18.5. The number of para-hydroxylation sites is 2. The number of unbranched alkanes of at least 4 members (excludes halogenated alkanes) is 2. The SMILES string of the molecule is C=CCCCCC(C(=O)Oc1ccccc1)C(=O)Oc1ccccc1. The minimum absolute atomic E-state index is 0.380. The largest absolute Gasteiger partial charge is 0.426 e. The second-order valence-corrected chi connectivity index (χ2v) is 5.59. The van der Waals surface area contributed by atoms with E-state index in [0.29, 0.717) is 24.3 Å². The number of hydrogen-bond donors (Lipinski definition) is 0. The van der Waals surface area contributed by atoms with Gasteiger partial charge in [0.25, 0.3) is 0 Å². The Labute approximate surface area is 148 Å². The molecule has 2 rings (SSSR count). The number of ether oxygens (including phenoxy) is 2. The van der Waals surface area contributed by atoms with Crippen molar-refractivity contribution >= 4 is 11.9 Å². The molecule has 0 aliphatic carbocycles. The lowest BCUT2D eigenvalue weighted by Crippen LogP contribution is -2.31. The van der Waals surface area contributed by atoms with Gasteiger partial charge in [-0.2, -0.15) is 0 Å². The topological polar surface area (TPSA) is 52.6 Å². The molecule has 2 aromatic rings. The van der Waals surface area contributed by atoms with E-state index in [1.807, 2.05) is 18.2 Å². The third kappa shape index (κ3) is 6.26. The molecule has 0 bridgehead atoms. The Morgan fingerprint density at radius 2 is 1.32 bits per heavy atom. The summed E-state index contributed by atoms with van der Waals surface area (Å²) in [6.45, 7) is 3.68. The van der Waals surface area contributed by atoms with Crippen molar-refractivity contribution in [3.8, 4) is 11.5 Å². The van der Waals surface area contributed by atoms with E-state index in [9.17, 15) is 9.59 Å². The van der Waals surface area contributed by atoms with Crippen LogP contribution in [0.2, 0.25) is 0 Å². The Bertz CT molecular complexity index is 626. The van der Waals surface area contributed by atoms with Crippen LogP contribution in [0.25, 0.3) is 0 Å². The normalized spacial score (nSPS) is 10.3. The quantitative estimate of drug-likeness (QED) is 0.221. The van der Waals surface area contributed by atoms with Crippen molar-refractivity contribution in [1.82, 2.24) is 0 Å². The summed E-state index contributed by atoms with van der Waals surface area (Å²) in [5, 5.41) is 0. The van der Waals surface area contributed by atoms with Crippen LogP contribution in [0.3, 0.4) is 0 Å². The average molecular weight is 338 g/mol. The van der Waals surface area contributed by atoms with Gasteiger partial charge < -0.3 is 9.47 Å². The van der Waals surface area contributed by atoms with Gasteiger partial charge in [-0.3, -0.25) is 9.59 Å². The zero-order valence-corrected chi connectivity index (χ0v) is 14.1. The summed E-state index contributed by atoms with van der Waals surface area (Å²) in [5.41, 5.74) is 0. The Morgan fingerprint density at radius 3 is 1.76 bits per heavy atom. The molecule has 0 spiro atoms. The fourth-order valence-electron chi connectivity index (χ4n) is 2.32. The highest BCUT2D eigenvalue weighted by molar-refractivity contribution is 5.96. The van der Waals surface area contributed by atoms with E-state index >= 15 is 0 Å². The second kappa shape index (κ2) is 10.1. The second-order valence-electron chi connectivity index (χ2n) is 5.59. The molecule has 0 atom stereocenters. The molecular formula is C21H22O4. The Balaban J connectivity index is 2.03. The predicted octanol–water partition coefficient (Wildman–Crippen LogP) is 4.56. The van der Waals surface area contributed by atoms with Gasteiger partial charge in [-0.1, -0.05) is 48.9 Å². The predicted molar refractivity (Wildman–Crippen MR) is 96.3 cm³/mol. The summed E-state index contributed by atoms with van der Waals surface area (Å²) >= 11 is 0. The molecule has 0 amide bonds. The van der Waals surface area contributed by atoms with Crippen LogP contribution in [0.1, 0.15) is 25.7 Å². The van der Waals surface area contributed by atoms with Gasteiger partial charge in [-0.25, -0.2) is 0 Å². The molecule has 2 aromatic carbocycles. The van der Waals surface area contributed by atoms with Crippen molar-refractivity contribution in [2.75, 3.05) is 0 Å². The zero-order valence-electron chi connectivity index (χ0n) is 14.1. The van der Waals surface area contributed by atoms with Gasteiger partial charge in [0, 0.05) is 0 Å². The van der Waals surface area contributed by atoms with Crippen molar-refractivity contribution in [1.29, 1.82) is 0 Å². The van der Waals surface area contributed by atoms with Crippen molar-refractivity contribution in [3.05, 3.63) is 73.3 Å². The highest BCUT2D eigenvalue weighted by Gasteiger charge is 2.30. The van der Waals surface area contributed by atoms with Crippen LogP contribution in [0.15, 0.2) is 73.3 Å². The molecular weight excluding hydrogens is 316 g/mol. The monoisotopic (exact) mass is 338 g/mol. The van der Waals surface area contributed by atoms with E-state index in [4.69, 9.17) is 9.47 Å². The third-order valence-corrected chi connectivity index (χ3v) is 3.64. The summed E-state index contributed by atoms with van der Waals surface area (Å²) < 4.78 is 10.7. The van der Waals surface area contributed by atoms with Gasteiger partial charge in [0.15, 0.2) is 5.92 Å². The molecule has 0 aliphatic heterocycles. The first-order valence-electron chi connectivity index (χ1n) is 8.35. The molecule has 0 unspecified atom stereocenters. The molecule has 0 aromatic heterocycles. The molecule has 0 fully saturated rings. The molecule has 25 heavy (non-hydrogen) atoms. The van der Waals surface area contributed by atoms with E-state index in [1.54, 1.807) is 48.5 Å². The highest BCUT2D eigenvalue weighted by atomic mass is 16.6. The molecule has 4 nitrogen and oxygen atoms in total. The minimum Gasteiger partial charge on any atom is -0.426 e. The first-order valence-corrected chi connectivity index (χ1v) is 8.35. The lowest BCUT2D eigenvalue weighted by Gasteiger charge is -2.15. The van der Waals surface area contributed by atoms with Crippen LogP contribution < -0.4 is 9.47 Å². The van der Waals surface area contributed by atoms with Crippen LogP contribution in [0, 0.1) is 5.92 Å². The zero-order chi connectivity index (χ0) is 17.9. The number of esters is 2. The van der Waals surface area contributed by atoms with E-state index in [-0.39, 0.29) is 0 Å². The van der Waals surface area contributed by atoms with Crippen molar-refractivity contribution in [3.63, 3.8) is 0 Å². The molecule has 0 saturated carbocycles. The lowest BCUT2D eigenvalue weighted by molar-refractivity contribution is -0.151. The van der Waals surface area contributed by atoms with E-state index in [1.165, 1.54) is 0 Å². The van der Waals surface area contributed by atoms with Crippen molar-refractivity contribution in [2.45, 2.75) is 25.7 Å². The number of hydrogen-bond acceptors (Lipinski definition) is 4. The Kier molecular flexibility index (Phi) is 7.44. The molecule has 0 aliphatic rings. The number of carbonyl (C=O) groups excluding carboxylic acids is 2. The standard InChI is InChI=1S/C21H22O4/c1-2-3-4-11-16-19(20(22)24-17-12-7-5-8-13-17)21(23)25-18-14-9-6-10-15-18/h2,5-10,12-15,19H,1,3-4,11,16H2. The average Bonchev–Trinajstić information content (AvgIpc) is 2.63. The summed E-state index contributed by atoms with van der Waals surface area (Å²) in [5.74, 6) is -1.31. The summed E-state index contributed by atoms with van der Waals surface area (Å²) in [6.07, 6.45) is 4.61. The summed E-state index contributed by atoms with van der Waals surface area (Å²) in [6, 6.07) is 17.4. The fraction of sp³-hybridized carbons (Fsp3) is 0.238. The molecule has 0 saturated heterocycles. The fourth-order valence-corrected chi connectivity index (χ4v) is 2.32. The number of rotatable bonds is 9. The van der Waals surface area contributed by atoms with Crippen LogP contribution in [-0.4, -0.2) is 11.9 Å². The Morgan fingerprint density at radius 1 is 0.840 bits per heavy atom. The third-order valence-electron chi connectivity index (χ3n) is 3.64. The van der Waals surface area contributed by atoms with Gasteiger partial charge in [0.2, 0.25) is 0 Å². The minimum atomic E-state index is -0.953. The maximum atomic E-state index is 12.5. The van der Waals surface area contributed by atoms with E-state index in [2.05, 4.69) is 6.58 Å². The molecule has 0 heterocycles. The molecule has 130 valence electrons. The van der Waals surface area contributed by atoms with Crippen molar-refractivity contribution < 1.29 is 19.1 Å². The van der Waals surface area contributed by atoms with Crippen LogP contribution in [0.5, 0.6) is 11.5 Å². The summed E-state index contributed by atoms with van der Waals surface area (Å²) in [4.78, 5) is 24.9. The molecule has 4 heteroatoms. The van der Waals surface area contributed by atoms with Gasteiger partial charge in [-0.05, 0) is 43.5 Å². The Hall–Kier alpha value is -2.88. The number of allylic oxidation sites excluding steroid dienone is 1. The highest BCUT2D eigenvalue weighted by Crippen LogP contribution is 2.19. The van der Waals surface area contributed by atoms with Gasteiger partial charge in [0.1, 0.15) is 11.5 Å².